The zero-order valence-corrected chi connectivity index (χ0v) is 14.3. The topological polar surface area (TPSA) is 63.5 Å². The van der Waals surface area contributed by atoms with Crippen LogP contribution in [0.3, 0.4) is 0 Å². The molecular formula is C17H23N5O2. The standard InChI is InChI=1S/C17H23N5O2/c1-20(2)17(23)14-9-21(11-16-18-12-19-22(16)10-14)8-13-6-4-5-7-15(13)24-3/h4-7,12,14H,8-11H2,1-3H3/t14-/m0/s1. The van der Waals surface area contributed by atoms with E-state index in [9.17, 15) is 4.79 Å². The van der Waals surface area contributed by atoms with Crippen molar-refractivity contribution in [3.8, 4) is 5.75 Å². The Morgan fingerprint density at radius 3 is 2.88 bits per heavy atom. The van der Waals surface area contributed by atoms with E-state index < -0.39 is 0 Å². The molecule has 0 fully saturated rings. The number of carbonyl (C=O) groups excluding carboxylic acids is 1. The van der Waals surface area contributed by atoms with Gasteiger partial charge in [-0.05, 0) is 6.07 Å². The quantitative estimate of drug-likeness (QED) is 0.838. The van der Waals surface area contributed by atoms with Crippen molar-refractivity contribution in [3.05, 3.63) is 42.0 Å². The van der Waals surface area contributed by atoms with Gasteiger partial charge in [0.05, 0.1) is 26.1 Å². The molecule has 7 heteroatoms. The predicted octanol–water partition coefficient (Wildman–Crippen LogP) is 1.01. The Hall–Kier alpha value is -2.41. The van der Waals surface area contributed by atoms with Crippen molar-refractivity contribution in [2.24, 2.45) is 5.92 Å². The molecule has 128 valence electrons. The summed E-state index contributed by atoms with van der Waals surface area (Å²) in [6.07, 6.45) is 1.55. The first-order valence-corrected chi connectivity index (χ1v) is 8.00. The van der Waals surface area contributed by atoms with E-state index in [2.05, 4.69) is 21.0 Å². The molecule has 1 aromatic heterocycles. The van der Waals surface area contributed by atoms with E-state index in [-0.39, 0.29) is 11.8 Å². The second-order valence-corrected chi connectivity index (χ2v) is 6.27. The number of fused-ring (bicyclic) bond motifs is 1. The van der Waals surface area contributed by atoms with Crippen LogP contribution in [0.1, 0.15) is 11.4 Å². The third kappa shape index (κ3) is 3.41. The van der Waals surface area contributed by atoms with Crippen LogP contribution in [0.2, 0.25) is 0 Å². The summed E-state index contributed by atoms with van der Waals surface area (Å²) in [4.78, 5) is 20.7. The minimum absolute atomic E-state index is 0.114. The van der Waals surface area contributed by atoms with Crippen molar-refractivity contribution >= 4 is 5.91 Å². The van der Waals surface area contributed by atoms with Crippen molar-refractivity contribution in [1.82, 2.24) is 24.6 Å². The van der Waals surface area contributed by atoms with Crippen LogP contribution in [-0.4, -0.2) is 58.2 Å². The van der Waals surface area contributed by atoms with Gasteiger partial charge in [-0.2, -0.15) is 5.10 Å². The molecule has 1 atom stereocenters. The van der Waals surface area contributed by atoms with E-state index in [1.807, 2.05) is 22.9 Å². The van der Waals surface area contributed by atoms with E-state index in [1.165, 1.54) is 0 Å². The molecule has 24 heavy (non-hydrogen) atoms. The number of rotatable bonds is 4. The maximum Gasteiger partial charge on any atom is 0.228 e. The minimum Gasteiger partial charge on any atom is -0.496 e. The second kappa shape index (κ2) is 7.00. The lowest BCUT2D eigenvalue weighted by atomic mass is 10.1. The Balaban J connectivity index is 1.85. The maximum absolute atomic E-state index is 12.5. The van der Waals surface area contributed by atoms with Gasteiger partial charge in [0.25, 0.3) is 0 Å². The molecule has 0 N–H and O–H groups in total. The SMILES string of the molecule is COc1ccccc1CN1Cc2ncnn2C[C@@H](C(=O)N(C)C)C1. The van der Waals surface area contributed by atoms with Gasteiger partial charge in [-0.1, -0.05) is 18.2 Å². The van der Waals surface area contributed by atoms with Crippen LogP contribution in [0.15, 0.2) is 30.6 Å². The molecule has 1 aliphatic heterocycles. The number of benzene rings is 1. The fourth-order valence-corrected chi connectivity index (χ4v) is 3.12. The lowest BCUT2D eigenvalue weighted by Gasteiger charge is -2.25. The van der Waals surface area contributed by atoms with Crippen LogP contribution >= 0.6 is 0 Å². The largest absolute Gasteiger partial charge is 0.496 e. The Labute approximate surface area is 141 Å². The number of aromatic nitrogens is 3. The van der Waals surface area contributed by atoms with E-state index in [4.69, 9.17) is 4.74 Å². The van der Waals surface area contributed by atoms with Crippen LogP contribution in [0.5, 0.6) is 5.75 Å². The summed E-state index contributed by atoms with van der Waals surface area (Å²) in [5.74, 6) is 1.72. The van der Waals surface area contributed by atoms with E-state index >= 15 is 0 Å². The molecule has 3 rings (SSSR count). The zero-order chi connectivity index (χ0) is 17.1. The highest BCUT2D eigenvalue weighted by Gasteiger charge is 2.29. The average Bonchev–Trinajstić information content (AvgIpc) is 2.93. The van der Waals surface area contributed by atoms with E-state index in [0.29, 0.717) is 26.2 Å². The highest BCUT2D eigenvalue weighted by molar-refractivity contribution is 5.78. The van der Waals surface area contributed by atoms with Gasteiger partial charge < -0.3 is 9.64 Å². The van der Waals surface area contributed by atoms with Crippen LogP contribution in [0, 0.1) is 5.92 Å². The van der Waals surface area contributed by atoms with Gasteiger partial charge in [-0.15, -0.1) is 0 Å². The van der Waals surface area contributed by atoms with Crippen LogP contribution < -0.4 is 4.74 Å². The second-order valence-electron chi connectivity index (χ2n) is 6.27. The summed E-state index contributed by atoms with van der Waals surface area (Å²) in [6, 6.07) is 7.97. The molecule has 0 bridgehead atoms. The fraction of sp³-hybridized carbons (Fsp3) is 0.471. The minimum atomic E-state index is -0.141. The smallest absolute Gasteiger partial charge is 0.228 e. The normalized spacial score (nSPS) is 17.9. The highest BCUT2D eigenvalue weighted by Crippen LogP contribution is 2.23. The summed E-state index contributed by atoms with van der Waals surface area (Å²) >= 11 is 0. The number of carbonyl (C=O) groups is 1. The van der Waals surface area contributed by atoms with Crippen molar-refractivity contribution < 1.29 is 9.53 Å². The van der Waals surface area contributed by atoms with Gasteiger partial charge >= 0.3 is 0 Å². The van der Waals surface area contributed by atoms with Crippen LogP contribution in [0.25, 0.3) is 0 Å². The summed E-state index contributed by atoms with van der Waals surface area (Å²) in [6.45, 7) is 2.60. The van der Waals surface area contributed by atoms with Crippen LogP contribution in [-0.2, 0) is 24.4 Å². The zero-order valence-electron chi connectivity index (χ0n) is 14.3. The molecule has 0 spiro atoms. The molecule has 0 saturated heterocycles. The third-order valence-corrected chi connectivity index (χ3v) is 4.31. The average molecular weight is 329 g/mol. The molecule has 7 nitrogen and oxygen atoms in total. The molecular weight excluding hydrogens is 306 g/mol. The van der Waals surface area contributed by atoms with Gasteiger partial charge in [-0.25, -0.2) is 9.67 Å². The van der Waals surface area contributed by atoms with Crippen molar-refractivity contribution in [1.29, 1.82) is 0 Å². The number of ether oxygens (including phenoxy) is 1. The molecule has 1 aliphatic rings. The summed E-state index contributed by atoms with van der Waals surface area (Å²) in [5.41, 5.74) is 1.10. The van der Waals surface area contributed by atoms with E-state index in [1.54, 1.807) is 32.4 Å². The monoisotopic (exact) mass is 329 g/mol. The summed E-state index contributed by atoms with van der Waals surface area (Å²) in [5, 5.41) is 4.27. The fourth-order valence-electron chi connectivity index (χ4n) is 3.12. The first-order valence-electron chi connectivity index (χ1n) is 8.00. The summed E-state index contributed by atoms with van der Waals surface area (Å²) in [7, 11) is 5.26. The molecule has 2 heterocycles. The molecule has 0 radical (unpaired) electrons. The number of nitrogens with zero attached hydrogens (tertiary/aromatic N) is 5. The van der Waals surface area contributed by atoms with Gasteiger partial charge in [0.2, 0.25) is 5.91 Å². The Kier molecular flexibility index (Phi) is 4.80. The maximum atomic E-state index is 12.5. The predicted molar refractivity (Wildman–Crippen MR) is 89.3 cm³/mol. The Morgan fingerprint density at radius 2 is 2.12 bits per heavy atom. The van der Waals surface area contributed by atoms with Crippen molar-refractivity contribution in [2.75, 3.05) is 27.7 Å². The highest BCUT2D eigenvalue weighted by atomic mass is 16.5. The number of amides is 1. The molecule has 2 aromatic rings. The number of para-hydroxylation sites is 1. The van der Waals surface area contributed by atoms with Gasteiger partial charge in [-0.3, -0.25) is 9.69 Å². The molecule has 0 aliphatic carbocycles. The Bertz CT molecular complexity index is 713. The van der Waals surface area contributed by atoms with Gasteiger partial charge in [0, 0.05) is 32.7 Å². The summed E-state index contributed by atoms with van der Waals surface area (Å²) < 4.78 is 7.29. The Morgan fingerprint density at radius 1 is 1.33 bits per heavy atom. The first kappa shape index (κ1) is 16.4. The molecule has 0 unspecified atom stereocenters. The van der Waals surface area contributed by atoms with E-state index in [0.717, 1.165) is 17.1 Å². The molecule has 1 amide bonds. The van der Waals surface area contributed by atoms with Gasteiger partial charge in [0.1, 0.15) is 17.9 Å². The lowest BCUT2D eigenvalue weighted by Crippen LogP contribution is -2.38. The molecule has 0 saturated carbocycles. The van der Waals surface area contributed by atoms with Crippen molar-refractivity contribution in [2.45, 2.75) is 19.6 Å². The lowest BCUT2D eigenvalue weighted by molar-refractivity contribution is -0.134. The van der Waals surface area contributed by atoms with Crippen molar-refractivity contribution in [3.63, 3.8) is 0 Å². The number of hydrogen-bond donors (Lipinski definition) is 0. The van der Waals surface area contributed by atoms with Crippen LogP contribution in [0.4, 0.5) is 0 Å². The third-order valence-electron chi connectivity index (χ3n) is 4.31. The number of hydrogen-bond acceptors (Lipinski definition) is 5. The molecule has 1 aromatic carbocycles. The number of methoxy groups -OCH3 is 1. The van der Waals surface area contributed by atoms with Gasteiger partial charge in [0.15, 0.2) is 0 Å². The first-order chi connectivity index (χ1) is 11.6.